The first-order chi connectivity index (χ1) is 8.24. The van der Waals surface area contributed by atoms with E-state index in [2.05, 4.69) is 42.4 Å². The molecule has 0 radical (unpaired) electrons. The molecule has 2 rings (SSSR count). The van der Waals surface area contributed by atoms with Crippen LogP contribution in [0.5, 0.6) is 0 Å². The van der Waals surface area contributed by atoms with Crippen molar-refractivity contribution in [3.63, 3.8) is 0 Å². The van der Waals surface area contributed by atoms with E-state index < -0.39 is 0 Å². The van der Waals surface area contributed by atoms with E-state index in [0.717, 1.165) is 11.4 Å². The van der Waals surface area contributed by atoms with E-state index in [1.807, 2.05) is 36.4 Å². The van der Waals surface area contributed by atoms with Gasteiger partial charge in [0.1, 0.15) is 0 Å². The number of rotatable bonds is 4. The van der Waals surface area contributed by atoms with Gasteiger partial charge in [-0.2, -0.15) is 0 Å². The van der Waals surface area contributed by atoms with Crippen LogP contribution in [0.25, 0.3) is 5.43 Å². The van der Waals surface area contributed by atoms with Gasteiger partial charge in [0.05, 0.1) is 0 Å². The van der Waals surface area contributed by atoms with Gasteiger partial charge in [0.2, 0.25) is 0 Å². The minimum absolute atomic E-state index is 0.898. The van der Waals surface area contributed by atoms with Crippen LogP contribution in [-0.4, -0.2) is 0 Å². The normalized spacial score (nSPS) is 10.0. The SMILES string of the molecule is Cc1ccc([N-]NNc2ccc(C)cc2)cc1. The molecule has 2 N–H and O–H groups in total. The zero-order chi connectivity index (χ0) is 12.1. The lowest BCUT2D eigenvalue weighted by atomic mass is 10.2. The van der Waals surface area contributed by atoms with Crippen molar-refractivity contribution in [2.24, 2.45) is 0 Å². The fourth-order valence-electron chi connectivity index (χ4n) is 1.41. The van der Waals surface area contributed by atoms with Crippen molar-refractivity contribution in [3.8, 4) is 0 Å². The van der Waals surface area contributed by atoms with Crippen LogP contribution < -0.4 is 11.0 Å². The van der Waals surface area contributed by atoms with E-state index in [0.29, 0.717) is 0 Å². The summed E-state index contributed by atoms with van der Waals surface area (Å²) < 4.78 is 0. The van der Waals surface area contributed by atoms with Gasteiger partial charge < -0.3 is 16.4 Å². The van der Waals surface area contributed by atoms with Crippen molar-refractivity contribution in [3.05, 3.63) is 65.1 Å². The van der Waals surface area contributed by atoms with Crippen LogP contribution in [0.4, 0.5) is 11.4 Å². The number of benzene rings is 2. The predicted octanol–water partition coefficient (Wildman–Crippen LogP) is 3.84. The van der Waals surface area contributed by atoms with Crippen LogP contribution in [-0.2, 0) is 0 Å². The van der Waals surface area contributed by atoms with Crippen LogP contribution in [0, 0.1) is 13.8 Å². The molecule has 0 aliphatic rings. The molecule has 0 amide bonds. The fraction of sp³-hybridized carbons (Fsp3) is 0.143. The highest BCUT2D eigenvalue weighted by Crippen LogP contribution is 2.16. The lowest BCUT2D eigenvalue weighted by Crippen LogP contribution is -2.14. The maximum absolute atomic E-state index is 4.20. The molecule has 2 aromatic carbocycles. The van der Waals surface area contributed by atoms with Crippen LogP contribution in [0.1, 0.15) is 11.1 Å². The third-order valence-electron chi connectivity index (χ3n) is 2.47. The minimum atomic E-state index is 0.898. The average molecular weight is 226 g/mol. The Hall–Kier alpha value is -2.00. The summed E-state index contributed by atoms with van der Waals surface area (Å²) in [6.07, 6.45) is 0. The predicted molar refractivity (Wildman–Crippen MR) is 72.1 cm³/mol. The van der Waals surface area contributed by atoms with Gasteiger partial charge >= 0.3 is 0 Å². The number of aryl methyl sites for hydroxylation is 2. The van der Waals surface area contributed by atoms with Gasteiger partial charge in [-0.3, -0.25) is 0 Å². The molecule has 3 nitrogen and oxygen atoms in total. The smallest absolute Gasteiger partial charge is 0.0474 e. The zero-order valence-electron chi connectivity index (χ0n) is 10.1. The monoisotopic (exact) mass is 226 g/mol. The largest absolute Gasteiger partial charge is 0.604 e. The Balaban J connectivity index is 1.83. The maximum atomic E-state index is 4.20. The summed E-state index contributed by atoms with van der Waals surface area (Å²) in [6.45, 7) is 4.12. The molecule has 3 heteroatoms. The molecular formula is C14H16N3-. The molecule has 0 aliphatic carbocycles. The molecule has 0 aromatic heterocycles. The van der Waals surface area contributed by atoms with Crippen molar-refractivity contribution >= 4 is 11.4 Å². The average Bonchev–Trinajstić information content (AvgIpc) is 2.34. The molecule has 0 saturated carbocycles. The molecule has 0 spiro atoms. The number of anilines is 1. The second kappa shape index (κ2) is 5.37. The molecule has 0 unspecified atom stereocenters. The van der Waals surface area contributed by atoms with Crippen molar-refractivity contribution in [1.29, 1.82) is 0 Å². The summed E-state index contributed by atoms with van der Waals surface area (Å²) in [6, 6.07) is 16.1. The van der Waals surface area contributed by atoms with E-state index in [9.17, 15) is 0 Å². The molecule has 0 fully saturated rings. The van der Waals surface area contributed by atoms with Gasteiger partial charge in [0.25, 0.3) is 0 Å². The molecule has 0 saturated heterocycles. The Morgan fingerprint density at radius 2 is 1.29 bits per heavy atom. The highest BCUT2D eigenvalue weighted by atomic mass is 15.6. The highest BCUT2D eigenvalue weighted by Gasteiger charge is 1.86. The summed E-state index contributed by atoms with van der Waals surface area (Å²) in [5.41, 5.74) is 14.4. The molecule has 2 aromatic rings. The Bertz CT molecular complexity index is 414. The first kappa shape index (κ1) is 11.5. The van der Waals surface area contributed by atoms with Gasteiger partial charge in [0, 0.05) is 5.69 Å². The molecule has 17 heavy (non-hydrogen) atoms. The molecular weight excluding hydrogens is 210 g/mol. The lowest BCUT2D eigenvalue weighted by Gasteiger charge is -2.24. The number of nitrogens with zero attached hydrogens (tertiary/aromatic N) is 1. The van der Waals surface area contributed by atoms with Gasteiger partial charge in [-0.25, -0.2) is 0 Å². The van der Waals surface area contributed by atoms with Crippen LogP contribution in [0.2, 0.25) is 0 Å². The molecule has 0 aliphatic heterocycles. The van der Waals surface area contributed by atoms with E-state index >= 15 is 0 Å². The zero-order valence-corrected chi connectivity index (χ0v) is 10.1. The Morgan fingerprint density at radius 1 is 0.765 bits per heavy atom. The van der Waals surface area contributed by atoms with E-state index in [1.54, 1.807) is 0 Å². The molecule has 0 atom stereocenters. The summed E-state index contributed by atoms with van der Waals surface area (Å²) in [5.74, 6) is 0. The van der Waals surface area contributed by atoms with Gasteiger partial charge in [0.15, 0.2) is 0 Å². The van der Waals surface area contributed by atoms with Crippen molar-refractivity contribution in [2.75, 3.05) is 5.43 Å². The Morgan fingerprint density at radius 3 is 1.88 bits per heavy atom. The minimum Gasteiger partial charge on any atom is -0.604 e. The van der Waals surface area contributed by atoms with Crippen LogP contribution in [0.3, 0.4) is 0 Å². The van der Waals surface area contributed by atoms with Crippen molar-refractivity contribution in [1.82, 2.24) is 5.53 Å². The highest BCUT2D eigenvalue weighted by molar-refractivity contribution is 5.50. The number of nitrogens with one attached hydrogen (secondary N) is 2. The molecule has 0 bridgehead atoms. The third-order valence-corrected chi connectivity index (χ3v) is 2.47. The van der Waals surface area contributed by atoms with Gasteiger partial charge in [-0.05, 0) is 26.0 Å². The Labute approximate surface area is 102 Å². The van der Waals surface area contributed by atoms with Crippen molar-refractivity contribution < 1.29 is 0 Å². The summed E-state index contributed by atoms with van der Waals surface area (Å²) in [5, 5.41) is 0. The van der Waals surface area contributed by atoms with Crippen LogP contribution in [0.15, 0.2) is 48.5 Å². The van der Waals surface area contributed by atoms with E-state index in [4.69, 9.17) is 0 Å². The first-order valence-electron chi connectivity index (χ1n) is 5.59. The standard InChI is InChI=1S/C14H16N3/c1-11-3-7-13(8-4-11)15-17-16-14-9-5-12(2)6-10-14/h3-10,15,17H,1-2H3/q-1. The van der Waals surface area contributed by atoms with Crippen LogP contribution >= 0.6 is 0 Å². The van der Waals surface area contributed by atoms with E-state index in [-0.39, 0.29) is 0 Å². The molecule has 88 valence electrons. The maximum Gasteiger partial charge on any atom is 0.0474 e. The van der Waals surface area contributed by atoms with Gasteiger partial charge in [-0.1, -0.05) is 47.5 Å². The number of hydrogen-bond acceptors (Lipinski definition) is 2. The Kier molecular flexibility index (Phi) is 3.62. The number of hydrazine groups is 1. The van der Waals surface area contributed by atoms with Crippen molar-refractivity contribution in [2.45, 2.75) is 13.8 Å². The lowest BCUT2D eigenvalue weighted by molar-refractivity contribution is 1.01. The van der Waals surface area contributed by atoms with E-state index in [1.165, 1.54) is 11.1 Å². The fourth-order valence-corrected chi connectivity index (χ4v) is 1.41. The number of hydrogen-bond donors (Lipinski definition) is 2. The summed E-state index contributed by atoms with van der Waals surface area (Å²) >= 11 is 0. The summed E-state index contributed by atoms with van der Waals surface area (Å²) in [4.78, 5) is 0. The molecule has 0 heterocycles. The summed E-state index contributed by atoms with van der Waals surface area (Å²) in [7, 11) is 0. The second-order valence-electron chi connectivity index (χ2n) is 4.05. The topological polar surface area (TPSA) is 38.2 Å². The quantitative estimate of drug-likeness (QED) is 0.777. The first-order valence-corrected chi connectivity index (χ1v) is 5.59. The second-order valence-corrected chi connectivity index (χ2v) is 4.05. The van der Waals surface area contributed by atoms with Gasteiger partial charge in [-0.15, -0.1) is 5.69 Å². The third kappa shape index (κ3) is 3.50.